The quantitative estimate of drug-likeness (QED) is 0.506. The Morgan fingerprint density at radius 3 is 2.35 bits per heavy atom. The first-order chi connectivity index (χ1) is 15.0. The lowest BCUT2D eigenvalue weighted by molar-refractivity contribution is -0.148. The highest BCUT2D eigenvalue weighted by Crippen LogP contribution is 2.31. The third kappa shape index (κ3) is 4.11. The molecule has 2 saturated heterocycles. The van der Waals surface area contributed by atoms with Crippen LogP contribution in [-0.2, 0) is 9.53 Å². The minimum Gasteiger partial charge on any atom is -0.497 e. The van der Waals surface area contributed by atoms with E-state index in [1.54, 1.807) is 14.0 Å². The second-order valence-electron chi connectivity index (χ2n) is 8.07. The number of carbonyl (C=O) groups is 1. The normalized spacial score (nSPS) is 19.5. The summed E-state index contributed by atoms with van der Waals surface area (Å²) in [6.07, 6.45) is 1.55. The highest BCUT2D eigenvalue weighted by Gasteiger charge is 2.35. The van der Waals surface area contributed by atoms with Crippen LogP contribution in [-0.4, -0.2) is 59.0 Å². The van der Waals surface area contributed by atoms with Gasteiger partial charge in [0.15, 0.2) is 0 Å². The summed E-state index contributed by atoms with van der Waals surface area (Å²) < 4.78 is 10.5. The predicted octanol–water partition coefficient (Wildman–Crippen LogP) is 1.40. The molecule has 0 unspecified atom stereocenters. The monoisotopic (exact) mass is 427 g/mol. The van der Waals surface area contributed by atoms with Gasteiger partial charge in [-0.05, 0) is 31.9 Å². The number of hydrogen-bond acceptors (Lipinski definition) is 8. The minimum atomic E-state index is -0.435. The number of anilines is 3. The molecule has 0 N–H and O–H groups in total. The van der Waals surface area contributed by atoms with Gasteiger partial charge in [-0.1, -0.05) is 6.07 Å². The van der Waals surface area contributed by atoms with Gasteiger partial charge in [-0.2, -0.15) is 0 Å². The summed E-state index contributed by atoms with van der Waals surface area (Å²) in [5, 5.41) is 0. The average Bonchev–Trinajstić information content (AvgIpc) is 2.82. The molecule has 8 nitrogen and oxygen atoms in total. The van der Waals surface area contributed by atoms with Crippen LogP contribution >= 0.6 is 0 Å². The SMILES string of the molecule is CCOC(=O)[C@H]1CCCN(c2c(N3CCN(c4cccc(OC)c4)CC3)c(=O)c2=O)C1. The first kappa shape index (κ1) is 21.2. The van der Waals surface area contributed by atoms with Crippen molar-refractivity contribution in [1.29, 1.82) is 0 Å². The maximum atomic E-state index is 12.5. The van der Waals surface area contributed by atoms with Gasteiger partial charge in [-0.15, -0.1) is 0 Å². The highest BCUT2D eigenvalue weighted by atomic mass is 16.5. The smallest absolute Gasteiger partial charge is 0.310 e. The van der Waals surface area contributed by atoms with E-state index in [1.807, 2.05) is 34.1 Å². The van der Waals surface area contributed by atoms with E-state index >= 15 is 0 Å². The maximum absolute atomic E-state index is 12.5. The van der Waals surface area contributed by atoms with Crippen LogP contribution in [0.25, 0.3) is 0 Å². The van der Waals surface area contributed by atoms with Gasteiger partial charge >= 0.3 is 5.97 Å². The van der Waals surface area contributed by atoms with Crippen LogP contribution in [0.5, 0.6) is 5.75 Å². The minimum absolute atomic E-state index is 0.223. The molecule has 2 aromatic rings. The van der Waals surface area contributed by atoms with Crippen molar-refractivity contribution in [2.75, 3.05) is 67.7 Å². The third-order valence-electron chi connectivity index (χ3n) is 6.23. The molecule has 0 spiro atoms. The summed E-state index contributed by atoms with van der Waals surface area (Å²) in [4.78, 5) is 43.3. The zero-order valence-corrected chi connectivity index (χ0v) is 18.1. The van der Waals surface area contributed by atoms with Gasteiger partial charge in [0.25, 0.3) is 10.9 Å². The van der Waals surface area contributed by atoms with E-state index in [4.69, 9.17) is 9.47 Å². The molecule has 2 fully saturated rings. The Hall–Kier alpha value is -3.03. The van der Waals surface area contributed by atoms with Gasteiger partial charge in [0.1, 0.15) is 17.1 Å². The van der Waals surface area contributed by atoms with Crippen molar-refractivity contribution < 1.29 is 14.3 Å². The van der Waals surface area contributed by atoms with E-state index in [2.05, 4.69) is 4.90 Å². The number of hydrogen-bond donors (Lipinski definition) is 0. The lowest BCUT2D eigenvalue weighted by Crippen LogP contribution is -2.54. The Labute approximate surface area is 181 Å². The zero-order valence-electron chi connectivity index (χ0n) is 18.1. The van der Waals surface area contributed by atoms with Gasteiger partial charge in [-0.3, -0.25) is 14.4 Å². The van der Waals surface area contributed by atoms with Crippen molar-refractivity contribution in [3.63, 3.8) is 0 Å². The largest absolute Gasteiger partial charge is 0.497 e. The Kier molecular flexibility index (Phi) is 6.15. The number of piperidine rings is 1. The molecule has 2 aliphatic heterocycles. The molecule has 1 atom stereocenters. The van der Waals surface area contributed by atoms with Crippen LogP contribution in [0, 0.1) is 5.92 Å². The standard InChI is InChI=1S/C23H29N3O5/c1-3-31-23(29)16-6-5-9-26(15-16)20-19(21(27)22(20)28)25-12-10-24(11-13-25)17-7-4-8-18(14-17)30-2/h4,7-8,14,16H,3,5-6,9-13,15H2,1-2H3/t16-/m0/s1. The molecule has 0 amide bonds. The molecule has 166 valence electrons. The molecular weight excluding hydrogens is 398 g/mol. The third-order valence-corrected chi connectivity index (χ3v) is 6.23. The molecule has 2 aliphatic rings. The molecule has 0 radical (unpaired) electrons. The van der Waals surface area contributed by atoms with Crippen LogP contribution < -0.4 is 30.3 Å². The molecule has 0 aromatic heterocycles. The predicted molar refractivity (Wildman–Crippen MR) is 120 cm³/mol. The Morgan fingerprint density at radius 2 is 1.68 bits per heavy atom. The lowest BCUT2D eigenvalue weighted by Gasteiger charge is -2.41. The van der Waals surface area contributed by atoms with Crippen molar-refractivity contribution >= 4 is 23.0 Å². The second kappa shape index (κ2) is 8.99. The van der Waals surface area contributed by atoms with E-state index in [0.717, 1.165) is 37.4 Å². The molecule has 2 heterocycles. The fraction of sp³-hybridized carbons (Fsp3) is 0.522. The first-order valence-corrected chi connectivity index (χ1v) is 10.9. The Bertz CT molecular complexity index is 1010. The van der Waals surface area contributed by atoms with Crippen molar-refractivity contribution in [2.45, 2.75) is 19.8 Å². The number of ether oxygens (including phenoxy) is 2. The summed E-state index contributed by atoms with van der Waals surface area (Å²) in [7, 11) is 1.65. The van der Waals surface area contributed by atoms with Crippen LogP contribution in [0.4, 0.5) is 17.1 Å². The number of benzene rings is 1. The van der Waals surface area contributed by atoms with Crippen LogP contribution in [0.1, 0.15) is 19.8 Å². The molecule has 0 aliphatic carbocycles. The number of piperazine rings is 1. The molecule has 8 heteroatoms. The van der Waals surface area contributed by atoms with Crippen LogP contribution in [0.2, 0.25) is 0 Å². The number of carbonyl (C=O) groups excluding carboxylic acids is 1. The average molecular weight is 428 g/mol. The summed E-state index contributed by atoms with van der Waals surface area (Å²) in [6.45, 7) is 6.05. The molecule has 0 bridgehead atoms. The van der Waals surface area contributed by atoms with Crippen molar-refractivity contribution in [1.82, 2.24) is 0 Å². The topological polar surface area (TPSA) is 79.4 Å². The molecule has 4 rings (SSSR count). The number of nitrogens with zero attached hydrogens (tertiary/aromatic N) is 3. The van der Waals surface area contributed by atoms with Gasteiger partial charge in [0.2, 0.25) is 0 Å². The van der Waals surface area contributed by atoms with Gasteiger partial charge < -0.3 is 24.2 Å². The number of methoxy groups -OCH3 is 1. The fourth-order valence-electron chi connectivity index (χ4n) is 4.58. The van der Waals surface area contributed by atoms with Crippen LogP contribution in [0.3, 0.4) is 0 Å². The molecule has 2 aromatic carbocycles. The van der Waals surface area contributed by atoms with Crippen molar-refractivity contribution in [2.24, 2.45) is 5.92 Å². The van der Waals surface area contributed by atoms with Crippen molar-refractivity contribution in [3.8, 4) is 5.75 Å². The molecule has 0 saturated carbocycles. The zero-order chi connectivity index (χ0) is 22.0. The number of esters is 1. The highest BCUT2D eigenvalue weighted by molar-refractivity contribution is 5.79. The number of rotatable bonds is 6. The Morgan fingerprint density at radius 1 is 1.00 bits per heavy atom. The first-order valence-electron chi connectivity index (χ1n) is 10.9. The van der Waals surface area contributed by atoms with E-state index in [0.29, 0.717) is 44.2 Å². The van der Waals surface area contributed by atoms with Gasteiger partial charge in [0.05, 0.1) is 19.6 Å². The summed E-state index contributed by atoms with van der Waals surface area (Å²) in [5.41, 5.74) is 1.23. The van der Waals surface area contributed by atoms with E-state index in [-0.39, 0.29) is 11.9 Å². The maximum Gasteiger partial charge on any atom is 0.310 e. The van der Waals surface area contributed by atoms with Gasteiger partial charge in [0, 0.05) is 51.0 Å². The van der Waals surface area contributed by atoms with E-state index in [1.165, 1.54) is 0 Å². The van der Waals surface area contributed by atoms with E-state index < -0.39 is 10.9 Å². The molecule has 31 heavy (non-hydrogen) atoms. The van der Waals surface area contributed by atoms with Gasteiger partial charge in [-0.25, -0.2) is 0 Å². The molecular formula is C23H29N3O5. The summed E-state index contributed by atoms with van der Waals surface area (Å²) >= 11 is 0. The van der Waals surface area contributed by atoms with Crippen molar-refractivity contribution in [3.05, 3.63) is 44.7 Å². The van der Waals surface area contributed by atoms with E-state index in [9.17, 15) is 14.4 Å². The summed E-state index contributed by atoms with van der Waals surface area (Å²) in [5.74, 6) is 0.334. The lowest BCUT2D eigenvalue weighted by atomic mass is 9.96. The fourth-order valence-corrected chi connectivity index (χ4v) is 4.58. The summed E-state index contributed by atoms with van der Waals surface area (Å²) in [6, 6.07) is 7.93. The Balaban J connectivity index is 1.46. The second-order valence-corrected chi connectivity index (χ2v) is 8.07. The van der Waals surface area contributed by atoms with Crippen LogP contribution in [0.15, 0.2) is 33.9 Å².